The maximum atomic E-state index is 12.9. The minimum atomic E-state index is -0.293. The molecule has 1 N–H and O–H groups in total. The number of amides is 1. The normalized spacial score (nSPS) is 14.3. The van der Waals surface area contributed by atoms with E-state index in [1.807, 2.05) is 60.7 Å². The second kappa shape index (κ2) is 7.47. The molecule has 29 heavy (non-hydrogen) atoms. The van der Waals surface area contributed by atoms with E-state index in [0.717, 1.165) is 29.7 Å². The van der Waals surface area contributed by atoms with Gasteiger partial charge in [-0.25, -0.2) is 9.67 Å². The van der Waals surface area contributed by atoms with Crippen LogP contribution in [0.1, 0.15) is 47.8 Å². The van der Waals surface area contributed by atoms with Crippen molar-refractivity contribution in [3.63, 3.8) is 0 Å². The summed E-state index contributed by atoms with van der Waals surface area (Å²) in [6, 6.07) is 19.4. The Kier molecular flexibility index (Phi) is 4.52. The van der Waals surface area contributed by atoms with E-state index in [2.05, 4.69) is 15.3 Å². The van der Waals surface area contributed by atoms with E-state index in [1.165, 1.54) is 19.0 Å². The Morgan fingerprint density at radius 2 is 1.69 bits per heavy atom. The minimum Gasteiger partial charge on any atom is -0.305 e. The molecule has 0 atom stereocenters. The minimum absolute atomic E-state index is 0.284. The number of benzene rings is 2. The molecule has 4 aromatic rings. The molecule has 0 aliphatic heterocycles. The molecule has 6 heteroatoms. The molecule has 1 saturated carbocycles. The molecule has 1 aliphatic rings. The molecule has 0 bridgehead atoms. The van der Waals surface area contributed by atoms with Crippen molar-refractivity contribution >= 4 is 22.8 Å². The van der Waals surface area contributed by atoms with Crippen molar-refractivity contribution < 1.29 is 4.79 Å². The highest BCUT2D eigenvalue weighted by Crippen LogP contribution is 2.35. The highest BCUT2D eigenvalue weighted by atomic mass is 16.2. The molecule has 1 aliphatic carbocycles. The summed E-state index contributed by atoms with van der Waals surface area (Å²) in [5.41, 5.74) is 3.69. The lowest BCUT2D eigenvalue weighted by Crippen LogP contribution is -2.16. The lowest BCUT2D eigenvalue weighted by atomic mass is 10.0. The fraction of sp³-hybridized carbons (Fsp3) is 0.217. The number of anilines is 1. The van der Waals surface area contributed by atoms with Gasteiger partial charge in [0.15, 0.2) is 0 Å². The highest BCUT2D eigenvalue weighted by molar-refractivity contribution is 6.03. The van der Waals surface area contributed by atoms with Crippen LogP contribution in [0.25, 0.3) is 16.7 Å². The highest BCUT2D eigenvalue weighted by Gasteiger charge is 2.23. The topological polar surface area (TPSA) is 72.7 Å². The Balaban J connectivity index is 1.49. The van der Waals surface area contributed by atoms with E-state index >= 15 is 0 Å². The largest absolute Gasteiger partial charge is 0.305 e. The fourth-order valence-electron chi connectivity index (χ4n) is 3.92. The van der Waals surface area contributed by atoms with Gasteiger partial charge in [0.05, 0.1) is 28.6 Å². The molecular weight excluding hydrogens is 362 g/mol. The lowest BCUT2D eigenvalue weighted by Gasteiger charge is -2.09. The van der Waals surface area contributed by atoms with Gasteiger partial charge in [-0.15, -0.1) is 0 Å². The van der Waals surface area contributed by atoms with Crippen molar-refractivity contribution in [2.75, 3.05) is 5.32 Å². The van der Waals surface area contributed by atoms with E-state index in [0.29, 0.717) is 17.3 Å². The van der Waals surface area contributed by atoms with Crippen LogP contribution in [0.4, 0.5) is 5.82 Å². The maximum absolute atomic E-state index is 12.9. The van der Waals surface area contributed by atoms with E-state index in [9.17, 15) is 4.79 Å². The number of rotatable bonds is 4. The fourth-order valence-corrected chi connectivity index (χ4v) is 3.92. The standard InChI is InChI=1S/C23H21N5O/c29-23(21-15-24-18-12-6-7-13-19(18)25-21)26-22-14-20(16-8-4-5-9-16)27-28(22)17-10-2-1-3-11-17/h1-3,6-7,10-16H,4-5,8-9H2,(H,26,29). The van der Waals surface area contributed by atoms with E-state index in [-0.39, 0.29) is 11.6 Å². The van der Waals surface area contributed by atoms with Crippen LogP contribution in [-0.2, 0) is 0 Å². The zero-order chi connectivity index (χ0) is 19.6. The third-order valence-corrected chi connectivity index (χ3v) is 5.43. The smallest absolute Gasteiger partial charge is 0.277 e. The average molecular weight is 383 g/mol. The molecule has 5 rings (SSSR count). The van der Waals surface area contributed by atoms with E-state index in [1.54, 1.807) is 4.68 Å². The number of hydrogen-bond donors (Lipinski definition) is 1. The first kappa shape index (κ1) is 17.6. The monoisotopic (exact) mass is 383 g/mol. The van der Waals surface area contributed by atoms with Gasteiger partial charge in [0.2, 0.25) is 0 Å². The van der Waals surface area contributed by atoms with Gasteiger partial charge in [0.25, 0.3) is 5.91 Å². The molecule has 2 heterocycles. The second-order valence-corrected chi connectivity index (χ2v) is 7.38. The zero-order valence-electron chi connectivity index (χ0n) is 16.0. The van der Waals surface area contributed by atoms with Crippen molar-refractivity contribution in [3.05, 3.63) is 78.2 Å². The summed E-state index contributed by atoms with van der Waals surface area (Å²) in [6.07, 6.45) is 6.28. The second-order valence-electron chi connectivity index (χ2n) is 7.38. The number of para-hydroxylation sites is 3. The summed E-state index contributed by atoms with van der Waals surface area (Å²) in [6.45, 7) is 0. The van der Waals surface area contributed by atoms with Gasteiger partial charge in [-0.2, -0.15) is 5.10 Å². The summed E-state index contributed by atoms with van der Waals surface area (Å²) in [5, 5.41) is 7.82. The van der Waals surface area contributed by atoms with Crippen LogP contribution in [0.5, 0.6) is 0 Å². The quantitative estimate of drug-likeness (QED) is 0.553. The first-order valence-electron chi connectivity index (χ1n) is 9.96. The predicted molar refractivity (Wildman–Crippen MR) is 112 cm³/mol. The molecule has 0 unspecified atom stereocenters. The molecule has 0 saturated heterocycles. The molecule has 6 nitrogen and oxygen atoms in total. The zero-order valence-corrected chi connectivity index (χ0v) is 16.0. The van der Waals surface area contributed by atoms with Crippen LogP contribution in [0.15, 0.2) is 66.9 Å². The molecule has 1 fully saturated rings. The van der Waals surface area contributed by atoms with Gasteiger partial charge in [0, 0.05) is 12.0 Å². The Morgan fingerprint density at radius 3 is 2.48 bits per heavy atom. The van der Waals surface area contributed by atoms with Gasteiger partial charge >= 0.3 is 0 Å². The first-order chi connectivity index (χ1) is 14.3. The summed E-state index contributed by atoms with van der Waals surface area (Å²) >= 11 is 0. The molecule has 0 spiro atoms. The van der Waals surface area contributed by atoms with Gasteiger partial charge in [-0.05, 0) is 37.1 Å². The molecule has 2 aromatic carbocycles. The van der Waals surface area contributed by atoms with Crippen molar-refractivity contribution in [1.29, 1.82) is 0 Å². The number of aromatic nitrogens is 4. The maximum Gasteiger partial charge on any atom is 0.277 e. The van der Waals surface area contributed by atoms with Gasteiger partial charge < -0.3 is 5.32 Å². The van der Waals surface area contributed by atoms with Crippen LogP contribution in [-0.4, -0.2) is 25.7 Å². The van der Waals surface area contributed by atoms with Crippen LogP contribution in [0.2, 0.25) is 0 Å². The number of nitrogens with one attached hydrogen (secondary N) is 1. The molecule has 0 radical (unpaired) electrons. The summed E-state index contributed by atoms with van der Waals surface area (Å²) < 4.78 is 1.81. The van der Waals surface area contributed by atoms with Crippen LogP contribution in [0, 0.1) is 0 Å². The van der Waals surface area contributed by atoms with Gasteiger partial charge in [0.1, 0.15) is 11.5 Å². The van der Waals surface area contributed by atoms with Gasteiger partial charge in [-0.3, -0.25) is 9.78 Å². The van der Waals surface area contributed by atoms with Crippen molar-refractivity contribution in [3.8, 4) is 5.69 Å². The number of carbonyl (C=O) groups excluding carboxylic acids is 1. The van der Waals surface area contributed by atoms with Gasteiger partial charge in [-0.1, -0.05) is 43.2 Å². The van der Waals surface area contributed by atoms with Crippen molar-refractivity contribution in [1.82, 2.24) is 19.7 Å². The Labute approximate surface area is 168 Å². The number of fused-ring (bicyclic) bond motifs is 1. The summed E-state index contributed by atoms with van der Waals surface area (Å²) in [7, 11) is 0. The Hall–Kier alpha value is -3.54. The lowest BCUT2D eigenvalue weighted by molar-refractivity contribution is 0.102. The Bertz CT molecular complexity index is 1160. The molecule has 144 valence electrons. The number of carbonyl (C=O) groups is 1. The third-order valence-electron chi connectivity index (χ3n) is 5.43. The van der Waals surface area contributed by atoms with Crippen molar-refractivity contribution in [2.45, 2.75) is 31.6 Å². The van der Waals surface area contributed by atoms with Crippen LogP contribution < -0.4 is 5.32 Å². The Morgan fingerprint density at radius 1 is 0.966 bits per heavy atom. The third kappa shape index (κ3) is 3.49. The molecule has 1 amide bonds. The average Bonchev–Trinajstić information content (AvgIpc) is 3.44. The SMILES string of the molecule is O=C(Nc1cc(C2CCCC2)nn1-c1ccccc1)c1cnc2ccccc2n1. The summed E-state index contributed by atoms with van der Waals surface area (Å²) in [5.74, 6) is 0.812. The predicted octanol–water partition coefficient (Wildman–Crippen LogP) is 4.73. The molecular formula is C23H21N5O. The van der Waals surface area contributed by atoms with Crippen LogP contribution in [0.3, 0.4) is 0 Å². The van der Waals surface area contributed by atoms with E-state index in [4.69, 9.17) is 5.10 Å². The van der Waals surface area contributed by atoms with E-state index < -0.39 is 0 Å². The van der Waals surface area contributed by atoms with Crippen LogP contribution >= 0.6 is 0 Å². The number of nitrogens with zero attached hydrogens (tertiary/aromatic N) is 4. The van der Waals surface area contributed by atoms with Crippen molar-refractivity contribution in [2.24, 2.45) is 0 Å². The first-order valence-corrected chi connectivity index (χ1v) is 9.96. The molecule has 2 aromatic heterocycles. The summed E-state index contributed by atoms with van der Waals surface area (Å²) in [4.78, 5) is 21.7. The number of hydrogen-bond acceptors (Lipinski definition) is 4.